The molecule has 10 heteroatoms. The van der Waals surface area contributed by atoms with Crippen LogP contribution in [0.2, 0.25) is 0 Å². The topological polar surface area (TPSA) is 112 Å². The maximum absolute atomic E-state index is 13.5. The number of rotatable bonds is 5. The maximum Gasteiger partial charge on any atom is 0.253 e. The summed E-state index contributed by atoms with van der Waals surface area (Å²) in [5.74, 6) is 2.48. The monoisotopic (exact) mass is 536 g/mol. The second-order valence-corrected chi connectivity index (χ2v) is 13.0. The Labute approximate surface area is 219 Å². The number of aromatic amines is 1. The van der Waals surface area contributed by atoms with Gasteiger partial charge in [-0.3, -0.25) is 9.59 Å². The standard InChI is InChI=1S/C27H28N4O4S2/c1-27(2,17-8-9-24(28-16-17)31-10-12-36-13-11-31)30-26(33)20-14-22-19(15-23(20)37(3,34)35)25(32)18-6-4-5-7-21(18)29-22/h4-9,14-16H,10-13H2,1-3H3,(H,29,32)(H,30,33). The largest absolute Gasteiger partial charge is 0.355 e. The summed E-state index contributed by atoms with van der Waals surface area (Å²) in [5, 5.41) is 3.63. The number of fused-ring (bicyclic) bond motifs is 2. The Kier molecular flexibility index (Phi) is 6.49. The van der Waals surface area contributed by atoms with Gasteiger partial charge in [0.1, 0.15) is 5.82 Å². The minimum absolute atomic E-state index is 0.0237. The molecule has 4 aromatic rings. The number of amides is 1. The quantitative estimate of drug-likeness (QED) is 0.374. The lowest BCUT2D eigenvalue weighted by Gasteiger charge is -2.30. The number of carbonyl (C=O) groups is 1. The highest BCUT2D eigenvalue weighted by atomic mass is 32.2. The van der Waals surface area contributed by atoms with Gasteiger partial charge in [-0.1, -0.05) is 18.2 Å². The van der Waals surface area contributed by atoms with Crippen LogP contribution in [0.4, 0.5) is 5.82 Å². The van der Waals surface area contributed by atoms with Gasteiger partial charge < -0.3 is 15.2 Å². The summed E-state index contributed by atoms with van der Waals surface area (Å²) in [7, 11) is -3.81. The SMILES string of the molecule is CC(C)(NC(=O)c1cc2[nH]c3ccccc3c(=O)c2cc1S(C)(=O)=O)c1ccc(N2CCSCC2)nc1. The van der Waals surface area contributed by atoms with Crippen molar-refractivity contribution in [2.75, 3.05) is 35.8 Å². The average molecular weight is 537 g/mol. The fraction of sp³-hybridized carbons (Fsp3) is 0.296. The fourth-order valence-electron chi connectivity index (χ4n) is 4.59. The van der Waals surface area contributed by atoms with Crippen LogP contribution >= 0.6 is 11.8 Å². The first-order chi connectivity index (χ1) is 17.5. The molecule has 3 heterocycles. The molecule has 1 aliphatic rings. The predicted octanol–water partition coefficient (Wildman–Crippen LogP) is 3.70. The molecule has 37 heavy (non-hydrogen) atoms. The highest BCUT2D eigenvalue weighted by molar-refractivity contribution is 7.99. The summed E-state index contributed by atoms with van der Waals surface area (Å²) in [6.45, 7) is 5.58. The van der Waals surface area contributed by atoms with Gasteiger partial charge in [-0.05, 0) is 49.7 Å². The third-order valence-electron chi connectivity index (χ3n) is 6.68. The number of benzene rings is 2. The Balaban J connectivity index is 1.51. The number of nitrogens with one attached hydrogen (secondary N) is 2. The van der Waals surface area contributed by atoms with Crippen LogP contribution in [0.15, 0.2) is 64.4 Å². The van der Waals surface area contributed by atoms with Crippen LogP contribution in [0.3, 0.4) is 0 Å². The third kappa shape index (κ3) is 4.95. The minimum atomic E-state index is -3.81. The van der Waals surface area contributed by atoms with Gasteiger partial charge in [0.2, 0.25) is 0 Å². The molecule has 5 rings (SSSR count). The van der Waals surface area contributed by atoms with Crippen LogP contribution in [0.25, 0.3) is 21.8 Å². The highest BCUT2D eigenvalue weighted by Gasteiger charge is 2.28. The number of hydrogen-bond donors (Lipinski definition) is 2. The number of thioether (sulfide) groups is 1. The molecule has 1 aliphatic heterocycles. The second-order valence-electron chi connectivity index (χ2n) is 9.75. The lowest BCUT2D eigenvalue weighted by molar-refractivity contribution is 0.0908. The van der Waals surface area contributed by atoms with Gasteiger partial charge in [0.25, 0.3) is 5.91 Å². The van der Waals surface area contributed by atoms with E-state index in [1.165, 1.54) is 12.1 Å². The van der Waals surface area contributed by atoms with E-state index in [0.29, 0.717) is 16.4 Å². The summed E-state index contributed by atoms with van der Waals surface area (Å²) < 4.78 is 25.4. The Bertz CT molecular complexity index is 1670. The number of para-hydroxylation sites is 1. The predicted molar refractivity (Wildman–Crippen MR) is 149 cm³/mol. The van der Waals surface area contributed by atoms with Gasteiger partial charge in [-0.25, -0.2) is 13.4 Å². The van der Waals surface area contributed by atoms with E-state index in [0.717, 1.165) is 42.2 Å². The van der Waals surface area contributed by atoms with Crippen molar-refractivity contribution in [3.05, 3.63) is 76.1 Å². The normalized spacial score (nSPS) is 14.7. The molecular weight excluding hydrogens is 508 g/mol. The summed E-state index contributed by atoms with van der Waals surface area (Å²) >= 11 is 1.93. The first-order valence-corrected chi connectivity index (χ1v) is 15.0. The number of nitrogens with zero attached hydrogens (tertiary/aromatic N) is 2. The Morgan fingerprint density at radius 1 is 1.05 bits per heavy atom. The molecular formula is C27H28N4O4S2. The third-order valence-corrected chi connectivity index (χ3v) is 8.76. The molecule has 192 valence electrons. The number of aromatic nitrogens is 2. The molecule has 8 nitrogen and oxygen atoms in total. The van der Waals surface area contributed by atoms with Crippen molar-refractivity contribution in [3.8, 4) is 0 Å². The molecule has 2 N–H and O–H groups in total. The number of anilines is 1. The molecule has 1 fully saturated rings. The number of pyridine rings is 2. The Hall–Kier alpha value is -3.37. The molecule has 0 atom stereocenters. The molecule has 0 unspecified atom stereocenters. The average Bonchev–Trinajstić information content (AvgIpc) is 2.88. The van der Waals surface area contributed by atoms with E-state index in [1.54, 1.807) is 30.5 Å². The van der Waals surface area contributed by atoms with Crippen LogP contribution in [0.1, 0.15) is 29.8 Å². The van der Waals surface area contributed by atoms with Gasteiger partial charge in [-0.15, -0.1) is 0 Å². The molecule has 0 aliphatic carbocycles. The van der Waals surface area contributed by atoms with Crippen molar-refractivity contribution in [3.63, 3.8) is 0 Å². The molecule has 2 aromatic heterocycles. The summed E-state index contributed by atoms with van der Waals surface area (Å²) in [5.41, 5.74) is 0.643. The van der Waals surface area contributed by atoms with Crippen molar-refractivity contribution in [1.82, 2.24) is 15.3 Å². The van der Waals surface area contributed by atoms with Gasteiger partial charge in [0, 0.05) is 53.3 Å². The van der Waals surface area contributed by atoms with E-state index < -0.39 is 21.3 Å². The van der Waals surface area contributed by atoms with Gasteiger partial charge in [-0.2, -0.15) is 11.8 Å². The van der Waals surface area contributed by atoms with Crippen molar-refractivity contribution >= 4 is 55.1 Å². The van der Waals surface area contributed by atoms with E-state index in [2.05, 4.69) is 20.2 Å². The molecule has 0 bridgehead atoms. The first-order valence-electron chi connectivity index (χ1n) is 12.0. The van der Waals surface area contributed by atoms with Crippen LogP contribution in [0.5, 0.6) is 0 Å². The van der Waals surface area contributed by atoms with Crippen LogP contribution in [0, 0.1) is 0 Å². The summed E-state index contributed by atoms with van der Waals surface area (Å²) in [6, 6.07) is 13.6. The molecule has 0 radical (unpaired) electrons. The van der Waals surface area contributed by atoms with Crippen LogP contribution in [-0.4, -0.2) is 55.1 Å². The zero-order chi connectivity index (χ0) is 26.4. The second kappa shape index (κ2) is 9.50. The van der Waals surface area contributed by atoms with E-state index in [-0.39, 0.29) is 21.3 Å². The molecule has 1 saturated heterocycles. The number of H-pyrrole nitrogens is 1. The Morgan fingerprint density at radius 2 is 1.78 bits per heavy atom. The van der Waals surface area contributed by atoms with Crippen molar-refractivity contribution in [2.24, 2.45) is 0 Å². The lowest BCUT2D eigenvalue weighted by atomic mass is 9.95. The summed E-state index contributed by atoms with van der Waals surface area (Å²) in [6.07, 6.45) is 2.78. The minimum Gasteiger partial charge on any atom is -0.355 e. The molecule has 1 amide bonds. The van der Waals surface area contributed by atoms with Gasteiger partial charge in [0.05, 0.1) is 21.5 Å². The zero-order valence-electron chi connectivity index (χ0n) is 20.9. The summed E-state index contributed by atoms with van der Waals surface area (Å²) in [4.78, 5) is 36.4. The molecule has 0 saturated carbocycles. The number of hydrogen-bond acceptors (Lipinski definition) is 7. The smallest absolute Gasteiger partial charge is 0.253 e. The van der Waals surface area contributed by atoms with Crippen molar-refractivity contribution in [2.45, 2.75) is 24.3 Å². The van der Waals surface area contributed by atoms with Gasteiger partial charge >= 0.3 is 0 Å². The lowest BCUT2D eigenvalue weighted by Crippen LogP contribution is -2.41. The first kappa shape index (κ1) is 25.3. The van der Waals surface area contributed by atoms with E-state index in [4.69, 9.17) is 0 Å². The zero-order valence-corrected chi connectivity index (χ0v) is 22.5. The van der Waals surface area contributed by atoms with E-state index in [1.807, 2.05) is 37.7 Å². The highest BCUT2D eigenvalue weighted by Crippen LogP contribution is 2.27. The maximum atomic E-state index is 13.5. The van der Waals surface area contributed by atoms with Crippen molar-refractivity contribution in [1.29, 1.82) is 0 Å². The fourth-order valence-corrected chi connectivity index (χ4v) is 6.38. The number of sulfone groups is 1. The Morgan fingerprint density at radius 3 is 2.46 bits per heavy atom. The van der Waals surface area contributed by atoms with E-state index >= 15 is 0 Å². The molecule has 2 aromatic carbocycles. The molecule has 0 spiro atoms. The van der Waals surface area contributed by atoms with Crippen LogP contribution < -0.4 is 15.6 Å². The van der Waals surface area contributed by atoms with E-state index in [9.17, 15) is 18.0 Å². The number of carbonyl (C=O) groups excluding carboxylic acids is 1. The van der Waals surface area contributed by atoms with Crippen LogP contribution in [-0.2, 0) is 15.4 Å². The van der Waals surface area contributed by atoms with Crippen molar-refractivity contribution < 1.29 is 13.2 Å². The van der Waals surface area contributed by atoms with Gasteiger partial charge in [0.15, 0.2) is 15.3 Å².